The highest BCUT2D eigenvalue weighted by atomic mass is 16.5. The predicted octanol–water partition coefficient (Wildman–Crippen LogP) is 3.12. The van der Waals surface area contributed by atoms with Crippen molar-refractivity contribution in [3.63, 3.8) is 0 Å². The SMILES string of the molecule is CCOc1cc(/C=N\NC(=O)c2n[nH]c(=O)c3ccccc23)ccc1OCC(C)C. The Balaban J connectivity index is 1.75. The highest BCUT2D eigenvalue weighted by molar-refractivity contribution is 6.04. The Hall–Kier alpha value is -3.68. The molecule has 2 aromatic carbocycles. The number of carbonyl (C=O) groups is 1. The Morgan fingerprint density at radius 2 is 1.93 bits per heavy atom. The summed E-state index contributed by atoms with van der Waals surface area (Å²) >= 11 is 0. The number of aromatic amines is 1. The van der Waals surface area contributed by atoms with Crippen LogP contribution in [0.3, 0.4) is 0 Å². The maximum atomic E-state index is 12.5. The second-order valence-electron chi connectivity index (χ2n) is 6.99. The maximum absolute atomic E-state index is 12.5. The summed E-state index contributed by atoms with van der Waals surface area (Å²) in [5.41, 5.74) is 2.91. The van der Waals surface area contributed by atoms with Crippen molar-refractivity contribution >= 4 is 22.9 Å². The van der Waals surface area contributed by atoms with Gasteiger partial charge in [-0.3, -0.25) is 9.59 Å². The van der Waals surface area contributed by atoms with Gasteiger partial charge in [-0.25, -0.2) is 10.5 Å². The van der Waals surface area contributed by atoms with Crippen LogP contribution in [0, 0.1) is 5.92 Å². The van der Waals surface area contributed by atoms with Crippen LogP contribution in [-0.2, 0) is 0 Å². The number of hydrazone groups is 1. The van der Waals surface area contributed by atoms with Gasteiger partial charge in [0.15, 0.2) is 17.2 Å². The van der Waals surface area contributed by atoms with Gasteiger partial charge in [0.05, 0.1) is 24.8 Å². The molecule has 0 unspecified atom stereocenters. The monoisotopic (exact) mass is 408 g/mol. The number of rotatable bonds is 8. The van der Waals surface area contributed by atoms with E-state index in [1.165, 1.54) is 6.21 Å². The smallest absolute Gasteiger partial charge is 0.292 e. The third kappa shape index (κ3) is 5.02. The molecular formula is C22H24N4O4. The number of nitrogens with one attached hydrogen (secondary N) is 2. The molecule has 0 atom stereocenters. The molecular weight excluding hydrogens is 384 g/mol. The number of benzene rings is 2. The van der Waals surface area contributed by atoms with Gasteiger partial charge in [0.2, 0.25) is 0 Å². The minimum atomic E-state index is -0.527. The van der Waals surface area contributed by atoms with Crippen molar-refractivity contribution in [3.8, 4) is 11.5 Å². The first-order valence-corrected chi connectivity index (χ1v) is 9.70. The second kappa shape index (κ2) is 9.69. The number of hydrogen-bond donors (Lipinski definition) is 2. The molecule has 0 bridgehead atoms. The number of aromatic nitrogens is 2. The normalized spacial score (nSPS) is 11.2. The highest BCUT2D eigenvalue weighted by Gasteiger charge is 2.13. The summed E-state index contributed by atoms with van der Waals surface area (Å²) in [7, 11) is 0. The van der Waals surface area contributed by atoms with E-state index in [1.54, 1.807) is 30.3 Å². The van der Waals surface area contributed by atoms with Gasteiger partial charge in [-0.2, -0.15) is 10.2 Å². The Morgan fingerprint density at radius 3 is 2.67 bits per heavy atom. The fourth-order valence-corrected chi connectivity index (χ4v) is 2.76. The summed E-state index contributed by atoms with van der Waals surface area (Å²) in [4.78, 5) is 24.3. The lowest BCUT2D eigenvalue weighted by Crippen LogP contribution is -2.22. The number of ether oxygens (including phenoxy) is 2. The van der Waals surface area contributed by atoms with Crippen molar-refractivity contribution in [2.24, 2.45) is 11.0 Å². The van der Waals surface area contributed by atoms with Crippen molar-refractivity contribution in [1.29, 1.82) is 0 Å². The third-order valence-corrected chi connectivity index (χ3v) is 4.13. The predicted molar refractivity (Wildman–Crippen MR) is 115 cm³/mol. The number of fused-ring (bicyclic) bond motifs is 1. The van der Waals surface area contributed by atoms with Gasteiger partial charge in [-0.15, -0.1) is 0 Å². The van der Waals surface area contributed by atoms with Gasteiger partial charge in [-0.05, 0) is 42.7 Å². The van der Waals surface area contributed by atoms with Gasteiger partial charge >= 0.3 is 0 Å². The molecule has 8 nitrogen and oxygen atoms in total. The largest absolute Gasteiger partial charge is 0.490 e. The molecule has 30 heavy (non-hydrogen) atoms. The van der Waals surface area contributed by atoms with E-state index < -0.39 is 5.91 Å². The molecule has 0 aliphatic rings. The van der Waals surface area contributed by atoms with E-state index >= 15 is 0 Å². The molecule has 156 valence electrons. The molecule has 0 radical (unpaired) electrons. The third-order valence-electron chi connectivity index (χ3n) is 4.13. The zero-order valence-corrected chi connectivity index (χ0v) is 17.1. The summed E-state index contributed by atoms with van der Waals surface area (Å²) in [5.74, 6) is 1.14. The molecule has 3 rings (SSSR count). The van der Waals surface area contributed by atoms with Crippen LogP contribution in [0.1, 0.15) is 36.8 Å². The molecule has 0 aliphatic carbocycles. The molecule has 2 N–H and O–H groups in total. The van der Waals surface area contributed by atoms with Crippen LogP contribution in [0.2, 0.25) is 0 Å². The van der Waals surface area contributed by atoms with E-state index in [-0.39, 0.29) is 11.3 Å². The van der Waals surface area contributed by atoms with Crippen LogP contribution >= 0.6 is 0 Å². The Morgan fingerprint density at radius 1 is 1.17 bits per heavy atom. The molecule has 0 fully saturated rings. The standard InChI is InChI=1S/C22H24N4O4/c1-4-29-19-11-15(9-10-18(19)30-13-14(2)3)12-23-25-22(28)20-16-7-5-6-8-17(16)21(27)26-24-20/h5-12,14H,4,13H2,1-3H3,(H,25,28)(H,26,27)/b23-12-. The molecule has 1 aromatic heterocycles. The first-order chi connectivity index (χ1) is 14.5. The van der Waals surface area contributed by atoms with Gasteiger partial charge in [0, 0.05) is 5.39 Å². The first-order valence-electron chi connectivity index (χ1n) is 9.70. The van der Waals surface area contributed by atoms with E-state index in [0.29, 0.717) is 41.4 Å². The van der Waals surface area contributed by atoms with E-state index in [9.17, 15) is 9.59 Å². The molecule has 1 amide bonds. The van der Waals surface area contributed by atoms with Crippen molar-refractivity contribution in [1.82, 2.24) is 15.6 Å². The fourth-order valence-electron chi connectivity index (χ4n) is 2.76. The number of nitrogens with zero attached hydrogens (tertiary/aromatic N) is 2. The number of carbonyl (C=O) groups excluding carboxylic acids is 1. The van der Waals surface area contributed by atoms with Crippen molar-refractivity contribution in [3.05, 3.63) is 64.1 Å². The van der Waals surface area contributed by atoms with E-state index in [0.717, 1.165) is 5.56 Å². The zero-order valence-electron chi connectivity index (χ0n) is 17.1. The lowest BCUT2D eigenvalue weighted by atomic mass is 10.1. The summed E-state index contributed by atoms with van der Waals surface area (Å²) in [5, 5.41) is 11.0. The molecule has 0 saturated heterocycles. The molecule has 0 aliphatic heterocycles. The molecule has 3 aromatic rings. The van der Waals surface area contributed by atoms with Crippen molar-refractivity contribution < 1.29 is 14.3 Å². The fraction of sp³-hybridized carbons (Fsp3) is 0.273. The number of hydrogen-bond acceptors (Lipinski definition) is 6. The van der Waals surface area contributed by atoms with Crippen molar-refractivity contribution in [2.75, 3.05) is 13.2 Å². The van der Waals surface area contributed by atoms with Gasteiger partial charge in [0.25, 0.3) is 11.5 Å². The summed E-state index contributed by atoms with van der Waals surface area (Å²) < 4.78 is 11.4. The highest BCUT2D eigenvalue weighted by Crippen LogP contribution is 2.28. The van der Waals surface area contributed by atoms with E-state index in [1.807, 2.05) is 19.1 Å². The zero-order chi connectivity index (χ0) is 21.5. The Kier molecular flexibility index (Phi) is 6.79. The average molecular weight is 408 g/mol. The summed E-state index contributed by atoms with van der Waals surface area (Å²) in [6, 6.07) is 12.2. The first kappa shape index (κ1) is 21.0. The molecule has 1 heterocycles. The molecule has 8 heteroatoms. The molecule has 0 spiro atoms. The minimum Gasteiger partial charge on any atom is -0.490 e. The Bertz CT molecular complexity index is 1120. The maximum Gasteiger partial charge on any atom is 0.292 e. The lowest BCUT2D eigenvalue weighted by molar-refractivity contribution is 0.0951. The Labute approximate surface area is 173 Å². The number of amides is 1. The summed E-state index contributed by atoms with van der Waals surface area (Å²) in [6.45, 7) is 7.13. The van der Waals surface area contributed by atoms with E-state index in [4.69, 9.17) is 9.47 Å². The van der Waals surface area contributed by atoms with Crippen LogP contribution in [-0.4, -0.2) is 35.5 Å². The van der Waals surface area contributed by atoms with Crippen molar-refractivity contribution in [2.45, 2.75) is 20.8 Å². The quantitative estimate of drug-likeness (QED) is 0.440. The van der Waals surface area contributed by atoms with Gasteiger partial charge < -0.3 is 9.47 Å². The van der Waals surface area contributed by atoms with Crippen LogP contribution < -0.4 is 20.5 Å². The average Bonchev–Trinajstić information content (AvgIpc) is 2.73. The van der Waals surface area contributed by atoms with Crippen LogP contribution in [0.25, 0.3) is 10.8 Å². The lowest BCUT2D eigenvalue weighted by Gasteiger charge is -2.13. The molecule has 0 saturated carbocycles. The van der Waals surface area contributed by atoms with E-state index in [2.05, 4.69) is 34.6 Å². The topological polar surface area (TPSA) is 106 Å². The summed E-state index contributed by atoms with van der Waals surface area (Å²) in [6.07, 6.45) is 1.50. The van der Waals surface area contributed by atoms with Crippen LogP contribution in [0.4, 0.5) is 0 Å². The minimum absolute atomic E-state index is 0.0924. The second-order valence-corrected chi connectivity index (χ2v) is 6.99. The van der Waals surface area contributed by atoms with Gasteiger partial charge in [-0.1, -0.05) is 32.0 Å². The van der Waals surface area contributed by atoms with Crippen LogP contribution in [0.15, 0.2) is 52.4 Å². The van der Waals surface area contributed by atoms with Gasteiger partial charge in [0.1, 0.15) is 0 Å². The number of H-pyrrole nitrogens is 1. The van der Waals surface area contributed by atoms with Crippen LogP contribution in [0.5, 0.6) is 11.5 Å².